The van der Waals surface area contributed by atoms with Crippen molar-refractivity contribution in [2.75, 3.05) is 7.11 Å². The van der Waals surface area contributed by atoms with E-state index in [1.54, 1.807) is 31.4 Å². The Morgan fingerprint density at radius 1 is 1.37 bits per heavy atom. The predicted octanol–water partition coefficient (Wildman–Crippen LogP) is 1.06. The highest BCUT2D eigenvalue weighted by Gasteiger charge is 2.10. The second kappa shape index (κ2) is 5.67. The molecular weight excluding hydrogens is 248 g/mol. The molecule has 7 nitrogen and oxygen atoms in total. The summed E-state index contributed by atoms with van der Waals surface area (Å²) in [7, 11) is 1.57. The van der Waals surface area contributed by atoms with Crippen molar-refractivity contribution >= 4 is 17.6 Å². The standard InChI is InChI=1S/C12H12N4O3/c1-18-9-4-2-8(3-5-9)15-12(13)16-11(17)10-6-7-14-19-10/h2-7H,1H3,(H3,13,15,16,17). The SMILES string of the molecule is COc1ccc(N=C(N)NC(=O)c2ccno2)cc1. The van der Waals surface area contributed by atoms with E-state index in [0.717, 1.165) is 0 Å². The van der Waals surface area contributed by atoms with Gasteiger partial charge in [-0.2, -0.15) is 0 Å². The summed E-state index contributed by atoms with van der Waals surface area (Å²) >= 11 is 0. The molecule has 19 heavy (non-hydrogen) atoms. The molecule has 0 aliphatic rings. The average molecular weight is 260 g/mol. The number of carbonyl (C=O) groups excluding carboxylic acids is 1. The number of guanidine groups is 1. The lowest BCUT2D eigenvalue weighted by atomic mass is 10.3. The summed E-state index contributed by atoms with van der Waals surface area (Å²) in [4.78, 5) is 15.6. The van der Waals surface area contributed by atoms with Gasteiger partial charge in [0, 0.05) is 6.07 Å². The minimum absolute atomic E-state index is 0.0356. The van der Waals surface area contributed by atoms with Gasteiger partial charge in [0.2, 0.25) is 11.7 Å². The zero-order valence-corrected chi connectivity index (χ0v) is 10.2. The third-order valence-electron chi connectivity index (χ3n) is 2.23. The van der Waals surface area contributed by atoms with Crippen LogP contribution in [0.3, 0.4) is 0 Å². The first-order chi connectivity index (χ1) is 9.19. The van der Waals surface area contributed by atoms with Gasteiger partial charge in [-0.15, -0.1) is 0 Å². The molecule has 0 aliphatic carbocycles. The molecule has 0 bridgehead atoms. The number of amides is 1. The van der Waals surface area contributed by atoms with E-state index in [0.29, 0.717) is 11.4 Å². The van der Waals surface area contributed by atoms with E-state index >= 15 is 0 Å². The van der Waals surface area contributed by atoms with Gasteiger partial charge in [0.25, 0.3) is 5.91 Å². The minimum atomic E-state index is -0.507. The number of hydrogen-bond acceptors (Lipinski definition) is 5. The minimum Gasteiger partial charge on any atom is -0.497 e. The summed E-state index contributed by atoms with van der Waals surface area (Å²) in [6.45, 7) is 0. The van der Waals surface area contributed by atoms with Crippen molar-refractivity contribution in [1.82, 2.24) is 10.5 Å². The van der Waals surface area contributed by atoms with Gasteiger partial charge in [-0.3, -0.25) is 10.1 Å². The Morgan fingerprint density at radius 2 is 2.11 bits per heavy atom. The van der Waals surface area contributed by atoms with Crippen molar-refractivity contribution in [2.45, 2.75) is 0 Å². The molecule has 1 aromatic heterocycles. The van der Waals surface area contributed by atoms with Crippen molar-refractivity contribution in [3.05, 3.63) is 42.3 Å². The van der Waals surface area contributed by atoms with Gasteiger partial charge in [0.15, 0.2) is 0 Å². The molecule has 1 aromatic carbocycles. The molecular formula is C12H12N4O3. The van der Waals surface area contributed by atoms with Crippen LogP contribution in [0.1, 0.15) is 10.6 Å². The molecule has 98 valence electrons. The molecule has 0 spiro atoms. The molecule has 2 aromatic rings. The van der Waals surface area contributed by atoms with Crippen LogP contribution in [0.25, 0.3) is 0 Å². The molecule has 0 unspecified atom stereocenters. The number of benzene rings is 1. The summed E-state index contributed by atoms with van der Waals surface area (Å²) in [5.74, 6) is 0.231. The highest BCUT2D eigenvalue weighted by molar-refractivity contribution is 6.04. The van der Waals surface area contributed by atoms with Crippen LogP contribution in [0.2, 0.25) is 0 Å². The lowest BCUT2D eigenvalue weighted by Gasteiger charge is -2.02. The second-order valence-corrected chi connectivity index (χ2v) is 3.53. The molecule has 7 heteroatoms. The van der Waals surface area contributed by atoms with E-state index in [-0.39, 0.29) is 11.7 Å². The fourth-order valence-corrected chi connectivity index (χ4v) is 1.33. The molecule has 0 saturated carbocycles. The largest absolute Gasteiger partial charge is 0.497 e. The number of methoxy groups -OCH3 is 1. The predicted molar refractivity (Wildman–Crippen MR) is 68.2 cm³/mol. The molecule has 0 radical (unpaired) electrons. The van der Waals surface area contributed by atoms with Crippen LogP contribution in [0.5, 0.6) is 5.75 Å². The fourth-order valence-electron chi connectivity index (χ4n) is 1.33. The highest BCUT2D eigenvalue weighted by atomic mass is 16.5. The summed E-state index contributed by atoms with van der Waals surface area (Å²) in [6.07, 6.45) is 1.37. The van der Waals surface area contributed by atoms with Gasteiger partial charge in [-0.1, -0.05) is 5.16 Å². The van der Waals surface area contributed by atoms with Gasteiger partial charge >= 0.3 is 0 Å². The Hall–Kier alpha value is -2.83. The Balaban J connectivity index is 2.04. The molecule has 1 heterocycles. The third kappa shape index (κ3) is 3.32. The molecule has 0 saturated heterocycles. The number of nitrogens with one attached hydrogen (secondary N) is 1. The summed E-state index contributed by atoms with van der Waals surface area (Å²) < 4.78 is 9.71. The zero-order valence-electron chi connectivity index (χ0n) is 10.2. The van der Waals surface area contributed by atoms with Crippen LogP contribution in [0.4, 0.5) is 5.69 Å². The Labute approximate surface area is 109 Å². The van der Waals surface area contributed by atoms with Gasteiger partial charge in [0.1, 0.15) is 5.75 Å². The average Bonchev–Trinajstić information content (AvgIpc) is 2.93. The van der Waals surface area contributed by atoms with Gasteiger partial charge in [-0.25, -0.2) is 4.99 Å². The fraction of sp³-hybridized carbons (Fsp3) is 0.0833. The van der Waals surface area contributed by atoms with E-state index in [2.05, 4.69) is 20.0 Å². The first kappa shape index (κ1) is 12.6. The number of ether oxygens (including phenoxy) is 1. The van der Waals surface area contributed by atoms with Crippen LogP contribution in [-0.2, 0) is 0 Å². The van der Waals surface area contributed by atoms with E-state index in [4.69, 9.17) is 10.5 Å². The van der Waals surface area contributed by atoms with Crippen molar-refractivity contribution in [2.24, 2.45) is 10.7 Å². The second-order valence-electron chi connectivity index (χ2n) is 3.53. The van der Waals surface area contributed by atoms with Crippen LogP contribution < -0.4 is 15.8 Å². The number of rotatable bonds is 3. The van der Waals surface area contributed by atoms with Crippen molar-refractivity contribution < 1.29 is 14.1 Å². The van der Waals surface area contributed by atoms with Crippen molar-refractivity contribution in [1.29, 1.82) is 0 Å². The van der Waals surface area contributed by atoms with Crippen molar-refractivity contribution in [3.8, 4) is 5.75 Å². The molecule has 1 amide bonds. The van der Waals surface area contributed by atoms with E-state index < -0.39 is 5.91 Å². The molecule has 0 aliphatic heterocycles. The van der Waals surface area contributed by atoms with Crippen LogP contribution >= 0.6 is 0 Å². The Morgan fingerprint density at radius 3 is 2.68 bits per heavy atom. The van der Waals surface area contributed by atoms with Gasteiger partial charge in [-0.05, 0) is 24.3 Å². The maximum absolute atomic E-state index is 11.6. The number of aromatic nitrogens is 1. The topological polar surface area (TPSA) is 103 Å². The van der Waals surface area contributed by atoms with Gasteiger partial charge < -0.3 is 15.0 Å². The van der Waals surface area contributed by atoms with Crippen LogP contribution in [-0.4, -0.2) is 24.1 Å². The van der Waals surface area contributed by atoms with Crippen molar-refractivity contribution in [3.63, 3.8) is 0 Å². The zero-order chi connectivity index (χ0) is 13.7. The molecule has 0 atom stereocenters. The molecule has 3 N–H and O–H groups in total. The summed E-state index contributed by atoms with van der Waals surface area (Å²) in [5, 5.41) is 5.81. The Bertz CT molecular complexity index is 576. The monoisotopic (exact) mass is 260 g/mol. The Kier molecular flexibility index (Phi) is 3.77. The van der Waals surface area contributed by atoms with Gasteiger partial charge in [0.05, 0.1) is 19.0 Å². The number of nitrogens with zero attached hydrogens (tertiary/aromatic N) is 2. The lowest BCUT2D eigenvalue weighted by Crippen LogP contribution is -2.36. The maximum Gasteiger partial charge on any atom is 0.296 e. The first-order valence-corrected chi connectivity index (χ1v) is 5.39. The number of nitrogens with two attached hydrogens (primary N) is 1. The smallest absolute Gasteiger partial charge is 0.296 e. The number of aliphatic imine (C=N–C) groups is 1. The molecule has 0 fully saturated rings. The number of carbonyl (C=O) groups is 1. The normalized spacial score (nSPS) is 11.1. The van der Waals surface area contributed by atoms with E-state index in [9.17, 15) is 4.79 Å². The van der Waals surface area contributed by atoms with E-state index in [1.807, 2.05) is 0 Å². The van der Waals surface area contributed by atoms with Crippen LogP contribution in [0, 0.1) is 0 Å². The highest BCUT2D eigenvalue weighted by Crippen LogP contribution is 2.17. The quantitative estimate of drug-likeness (QED) is 0.634. The van der Waals surface area contributed by atoms with Crippen LogP contribution in [0.15, 0.2) is 46.0 Å². The lowest BCUT2D eigenvalue weighted by molar-refractivity contribution is 0.0940. The first-order valence-electron chi connectivity index (χ1n) is 5.39. The summed E-state index contributed by atoms with van der Waals surface area (Å²) in [5.41, 5.74) is 6.20. The summed E-state index contributed by atoms with van der Waals surface area (Å²) in [6, 6.07) is 8.34. The third-order valence-corrected chi connectivity index (χ3v) is 2.23. The molecule has 2 rings (SSSR count). The van der Waals surface area contributed by atoms with E-state index in [1.165, 1.54) is 12.3 Å². The number of hydrogen-bond donors (Lipinski definition) is 2. The maximum atomic E-state index is 11.6.